The summed E-state index contributed by atoms with van der Waals surface area (Å²) >= 11 is 0. The number of nitrogens with two attached hydrogens (primary N) is 1. The van der Waals surface area contributed by atoms with Crippen LogP contribution in [0.4, 0.5) is 11.4 Å². The molecule has 0 unspecified atom stereocenters. The topological polar surface area (TPSA) is 58.4 Å². The van der Waals surface area contributed by atoms with E-state index in [2.05, 4.69) is 16.3 Å². The van der Waals surface area contributed by atoms with Gasteiger partial charge in [-0.3, -0.25) is 4.79 Å². The number of halogens is 2. The maximum atomic E-state index is 11.4. The van der Waals surface area contributed by atoms with Gasteiger partial charge < -0.3 is 16.0 Å². The predicted octanol–water partition coefficient (Wildman–Crippen LogP) is 2.42. The summed E-state index contributed by atoms with van der Waals surface area (Å²) in [5.41, 5.74) is 7.29. The number of nitrogens with zero attached hydrogens (tertiary/aromatic N) is 1. The first kappa shape index (κ1) is 18.0. The van der Waals surface area contributed by atoms with E-state index in [9.17, 15) is 4.79 Å². The largest absolute Gasteiger partial charge is 0.370 e. The number of piperidine rings is 1. The second kappa shape index (κ2) is 9.02. The van der Waals surface area contributed by atoms with Crippen molar-refractivity contribution in [1.82, 2.24) is 0 Å². The van der Waals surface area contributed by atoms with Crippen LogP contribution in [0.5, 0.6) is 0 Å². The first-order valence-electron chi connectivity index (χ1n) is 6.15. The Morgan fingerprint density at radius 2 is 1.79 bits per heavy atom. The van der Waals surface area contributed by atoms with E-state index in [0.29, 0.717) is 0 Å². The molecule has 1 aliphatic heterocycles. The Morgan fingerprint density at radius 3 is 2.42 bits per heavy atom. The molecular formula is C13H21Cl2N3O. The third-order valence-corrected chi connectivity index (χ3v) is 3.06. The molecule has 108 valence electrons. The molecule has 4 nitrogen and oxygen atoms in total. The molecule has 1 fully saturated rings. The van der Waals surface area contributed by atoms with Crippen molar-refractivity contribution in [1.29, 1.82) is 0 Å². The molecule has 19 heavy (non-hydrogen) atoms. The zero-order valence-electron chi connectivity index (χ0n) is 10.8. The zero-order valence-corrected chi connectivity index (χ0v) is 12.4. The van der Waals surface area contributed by atoms with E-state index in [4.69, 9.17) is 5.73 Å². The summed E-state index contributed by atoms with van der Waals surface area (Å²) < 4.78 is 0. The van der Waals surface area contributed by atoms with Crippen molar-refractivity contribution in [3.05, 3.63) is 24.3 Å². The van der Waals surface area contributed by atoms with E-state index in [1.165, 1.54) is 19.3 Å². The summed E-state index contributed by atoms with van der Waals surface area (Å²) in [6.45, 7) is 2.15. The van der Waals surface area contributed by atoms with Crippen molar-refractivity contribution in [2.24, 2.45) is 5.73 Å². The molecule has 1 aliphatic rings. The number of carbonyl (C=O) groups excluding carboxylic acids is 1. The first-order valence-corrected chi connectivity index (χ1v) is 6.15. The number of carbonyl (C=O) groups is 1. The fraction of sp³-hybridized carbons (Fsp3) is 0.462. The second-order valence-corrected chi connectivity index (χ2v) is 4.32. The van der Waals surface area contributed by atoms with Crippen LogP contribution in [-0.4, -0.2) is 25.5 Å². The summed E-state index contributed by atoms with van der Waals surface area (Å²) in [7, 11) is 0. The highest BCUT2D eigenvalue weighted by Crippen LogP contribution is 2.27. The summed E-state index contributed by atoms with van der Waals surface area (Å²) in [6.07, 6.45) is 3.74. The number of para-hydroxylation sites is 2. The molecule has 0 spiro atoms. The van der Waals surface area contributed by atoms with Crippen LogP contribution in [0.3, 0.4) is 0 Å². The molecule has 0 atom stereocenters. The van der Waals surface area contributed by atoms with Crippen molar-refractivity contribution in [2.75, 3.05) is 29.9 Å². The van der Waals surface area contributed by atoms with Gasteiger partial charge in [-0.1, -0.05) is 12.1 Å². The number of anilines is 2. The van der Waals surface area contributed by atoms with Crippen LogP contribution in [0.25, 0.3) is 0 Å². The van der Waals surface area contributed by atoms with E-state index >= 15 is 0 Å². The van der Waals surface area contributed by atoms with Gasteiger partial charge in [0.2, 0.25) is 5.91 Å². The summed E-state index contributed by atoms with van der Waals surface area (Å²) in [5.74, 6) is -0.144. The minimum atomic E-state index is -0.144. The standard InChI is InChI=1S/C13H19N3O.2ClH/c14-10-13(17)15-11-6-2-3-7-12(11)16-8-4-1-5-9-16;;/h2-3,6-7H,1,4-5,8-10,14H2,(H,15,17);2*1H. The van der Waals surface area contributed by atoms with Crippen LogP contribution >= 0.6 is 24.8 Å². The fourth-order valence-electron chi connectivity index (χ4n) is 2.19. The third-order valence-electron chi connectivity index (χ3n) is 3.06. The molecular weight excluding hydrogens is 285 g/mol. The van der Waals surface area contributed by atoms with Crippen LogP contribution in [0, 0.1) is 0 Å². The van der Waals surface area contributed by atoms with E-state index in [-0.39, 0.29) is 37.3 Å². The third kappa shape index (κ3) is 4.90. The molecule has 0 radical (unpaired) electrons. The average Bonchev–Trinajstić information content (AvgIpc) is 2.40. The minimum absolute atomic E-state index is 0. The quantitative estimate of drug-likeness (QED) is 0.901. The number of rotatable bonds is 3. The molecule has 0 aromatic heterocycles. The SMILES string of the molecule is Cl.Cl.NCC(=O)Nc1ccccc1N1CCCCC1. The van der Waals surface area contributed by atoms with Crippen molar-refractivity contribution in [3.8, 4) is 0 Å². The highest BCUT2D eigenvalue weighted by Gasteiger charge is 2.14. The van der Waals surface area contributed by atoms with Gasteiger partial charge in [0.15, 0.2) is 0 Å². The monoisotopic (exact) mass is 305 g/mol. The van der Waals surface area contributed by atoms with Gasteiger partial charge in [-0.2, -0.15) is 0 Å². The Bertz CT molecular complexity index is 395. The van der Waals surface area contributed by atoms with E-state index in [1.54, 1.807) is 0 Å². The summed E-state index contributed by atoms with van der Waals surface area (Å²) in [6, 6.07) is 7.91. The van der Waals surface area contributed by atoms with Gasteiger partial charge in [-0.25, -0.2) is 0 Å². The molecule has 6 heteroatoms. The number of amides is 1. The molecule has 0 saturated carbocycles. The molecule has 2 rings (SSSR count). The molecule has 1 amide bonds. The van der Waals surface area contributed by atoms with Gasteiger partial charge in [0.05, 0.1) is 17.9 Å². The lowest BCUT2D eigenvalue weighted by atomic mass is 10.1. The van der Waals surface area contributed by atoms with Crippen LogP contribution < -0.4 is 16.0 Å². The normalized spacial score (nSPS) is 14.1. The number of nitrogens with one attached hydrogen (secondary N) is 1. The zero-order chi connectivity index (χ0) is 12.1. The lowest BCUT2D eigenvalue weighted by Gasteiger charge is -2.30. The Morgan fingerprint density at radius 1 is 1.16 bits per heavy atom. The number of hydrogen-bond acceptors (Lipinski definition) is 3. The number of benzene rings is 1. The second-order valence-electron chi connectivity index (χ2n) is 4.32. The molecule has 1 aromatic rings. The minimum Gasteiger partial charge on any atom is -0.370 e. The van der Waals surface area contributed by atoms with E-state index in [1.807, 2.05) is 18.2 Å². The van der Waals surface area contributed by atoms with Crippen LogP contribution in [0.15, 0.2) is 24.3 Å². The average molecular weight is 306 g/mol. The van der Waals surface area contributed by atoms with Crippen LogP contribution in [-0.2, 0) is 4.79 Å². The van der Waals surface area contributed by atoms with Gasteiger partial charge >= 0.3 is 0 Å². The van der Waals surface area contributed by atoms with Crippen molar-refractivity contribution in [2.45, 2.75) is 19.3 Å². The number of hydrogen-bond donors (Lipinski definition) is 2. The first-order chi connectivity index (χ1) is 8.31. The Labute approximate surface area is 126 Å². The van der Waals surface area contributed by atoms with Crippen molar-refractivity contribution >= 4 is 42.1 Å². The van der Waals surface area contributed by atoms with Gasteiger partial charge in [0.1, 0.15) is 0 Å². The smallest absolute Gasteiger partial charge is 0.238 e. The van der Waals surface area contributed by atoms with Gasteiger partial charge in [0, 0.05) is 13.1 Å². The van der Waals surface area contributed by atoms with E-state index in [0.717, 1.165) is 24.5 Å². The molecule has 0 aliphatic carbocycles. The molecule has 1 saturated heterocycles. The van der Waals surface area contributed by atoms with Crippen LogP contribution in [0.2, 0.25) is 0 Å². The van der Waals surface area contributed by atoms with Crippen molar-refractivity contribution < 1.29 is 4.79 Å². The Kier molecular flexibility index (Phi) is 8.56. The molecule has 1 heterocycles. The van der Waals surface area contributed by atoms with Gasteiger partial charge in [-0.05, 0) is 31.4 Å². The lowest BCUT2D eigenvalue weighted by Crippen LogP contribution is -2.31. The Balaban J connectivity index is 0.00000162. The fourth-order valence-corrected chi connectivity index (χ4v) is 2.19. The maximum absolute atomic E-state index is 11.4. The Hall–Kier alpha value is -0.970. The van der Waals surface area contributed by atoms with Crippen LogP contribution in [0.1, 0.15) is 19.3 Å². The predicted molar refractivity (Wildman–Crippen MR) is 84.7 cm³/mol. The van der Waals surface area contributed by atoms with Gasteiger partial charge in [0.25, 0.3) is 0 Å². The molecule has 3 N–H and O–H groups in total. The highest BCUT2D eigenvalue weighted by molar-refractivity contribution is 5.95. The highest BCUT2D eigenvalue weighted by atomic mass is 35.5. The summed E-state index contributed by atoms with van der Waals surface area (Å²) in [5, 5.41) is 2.85. The van der Waals surface area contributed by atoms with Gasteiger partial charge in [-0.15, -0.1) is 24.8 Å². The summed E-state index contributed by atoms with van der Waals surface area (Å²) in [4.78, 5) is 13.7. The molecule has 0 bridgehead atoms. The molecule has 1 aromatic carbocycles. The van der Waals surface area contributed by atoms with Crippen molar-refractivity contribution in [3.63, 3.8) is 0 Å². The lowest BCUT2D eigenvalue weighted by molar-refractivity contribution is -0.114. The maximum Gasteiger partial charge on any atom is 0.238 e. The van der Waals surface area contributed by atoms with E-state index < -0.39 is 0 Å².